The Bertz CT molecular complexity index is 1250. The monoisotopic (exact) mass is 432 g/mol. The molecule has 6 heteroatoms. The molecule has 30 heavy (non-hydrogen) atoms. The van der Waals surface area contributed by atoms with Crippen molar-refractivity contribution in [3.05, 3.63) is 105 Å². The van der Waals surface area contributed by atoms with Gasteiger partial charge in [-0.25, -0.2) is 0 Å². The van der Waals surface area contributed by atoms with Crippen molar-refractivity contribution in [3.63, 3.8) is 0 Å². The van der Waals surface area contributed by atoms with Gasteiger partial charge in [0.05, 0.1) is 24.4 Å². The van der Waals surface area contributed by atoms with Crippen molar-refractivity contribution >= 4 is 40.3 Å². The first-order valence-corrected chi connectivity index (χ1v) is 10.2. The van der Waals surface area contributed by atoms with Crippen LogP contribution in [0.4, 0.5) is 0 Å². The minimum Gasteiger partial charge on any atom is -0.342 e. The smallest absolute Gasteiger partial charge is 0.0995 e. The van der Waals surface area contributed by atoms with Gasteiger partial charge in [-0.05, 0) is 29.8 Å². The maximum atomic E-state index is 9.38. The zero-order valence-corrected chi connectivity index (χ0v) is 17.5. The van der Waals surface area contributed by atoms with Crippen LogP contribution in [0.5, 0.6) is 0 Å². The molecule has 0 saturated carbocycles. The van der Waals surface area contributed by atoms with Crippen LogP contribution in [0.25, 0.3) is 10.9 Å². The van der Waals surface area contributed by atoms with Crippen LogP contribution in [0, 0.1) is 11.3 Å². The molecule has 148 valence electrons. The molecule has 0 aliphatic heterocycles. The molecule has 0 spiro atoms. The second kappa shape index (κ2) is 9.04. The van der Waals surface area contributed by atoms with Crippen molar-refractivity contribution in [2.24, 2.45) is 5.10 Å². The largest absolute Gasteiger partial charge is 0.342 e. The van der Waals surface area contributed by atoms with Crippen molar-refractivity contribution in [2.45, 2.75) is 13.1 Å². The molecule has 0 atom stereocenters. The van der Waals surface area contributed by atoms with E-state index in [2.05, 4.69) is 33.3 Å². The number of nitrogens with zero attached hydrogens (tertiary/aromatic N) is 3. The first-order valence-electron chi connectivity index (χ1n) is 9.42. The Morgan fingerprint density at radius 3 is 2.50 bits per heavy atom. The third-order valence-electron chi connectivity index (χ3n) is 4.91. The topological polar surface area (TPSA) is 53.1 Å². The molecule has 4 rings (SSSR count). The summed E-state index contributed by atoms with van der Waals surface area (Å²) in [6.45, 7) is 1.05. The van der Waals surface area contributed by atoms with E-state index < -0.39 is 0 Å². The molecule has 0 unspecified atom stereocenters. The summed E-state index contributed by atoms with van der Waals surface area (Å²) >= 11 is 12.4. The summed E-state index contributed by atoms with van der Waals surface area (Å²) < 4.78 is 2.14. The van der Waals surface area contributed by atoms with E-state index in [1.54, 1.807) is 18.3 Å². The maximum Gasteiger partial charge on any atom is 0.0995 e. The van der Waals surface area contributed by atoms with Gasteiger partial charge in [0.15, 0.2) is 0 Å². The Balaban J connectivity index is 1.58. The predicted octanol–water partition coefficient (Wildman–Crippen LogP) is 5.99. The maximum absolute atomic E-state index is 9.38. The van der Waals surface area contributed by atoms with Crippen LogP contribution in [0.15, 0.2) is 78.0 Å². The van der Waals surface area contributed by atoms with E-state index in [4.69, 9.17) is 23.2 Å². The summed E-state index contributed by atoms with van der Waals surface area (Å²) in [7, 11) is 0. The normalized spacial score (nSPS) is 11.1. The quantitative estimate of drug-likeness (QED) is 0.300. The fraction of sp³-hybridized carbons (Fsp3) is 0.0833. The molecular formula is C24H18Cl2N4. The van der Waals surface area contributed by atoms with Gasteiger partial charge in [0.25, 0.3) is 0 Å². The van der Waals surface area contributed by atoms with Crippen molar-refractivity contribution in [2.75, 3.05) is 0 Å². The first-order chi connectivity index (χ1) is 14.7. The van der Waals surface area contributed by atoms with Gasteiger partial charge in [-0.3, -0.25) is 0 Å². The van der Waals surface area contributed by atoms with Gasteiger partial charge in [-0.1, -0.05) is 65.7 Å². The number of benzene rings is 3. The summed E-state index contributed by atoms with van der Waals surface area (Å²) in [4.78, 5) is 0. The van der Waals surface area contributed by atoms with Gasteiger partial charge >= 0.3 is 0 Å². The molecule has 0 aliphatic rings. The lowest BCUT2D eigenvalue weighted by Gasteiger charge is -2.07. The number of para-hydroxylation sites is 1. The number of hydrogen-bond acceptors (Lipinski definition) is 3. The van der Waals surface area contributed by atoms with Crippen LogP contribution >= 0.6 is 23.2 Å². The van der Waals surface area contributed by atoms with Gasteiger partial charge in [0, 0.05) is 44.8 Å². The zero-order valence-electron chi connectivity index (χ0n) is 16.0. The van der Waals surface area contributed by atoms with Crippen LogP contribution in [0.1, 0.15) is 22.3 Å². The SMILES string of the molecule is N#Cc1ccccc1Cn1cc(/C=N/NCc2c(Cl)cccc2Cl)c2ccccc21. The molecule has 0 bridgehead atoms. The lowest BCUT2D eigenvalue weighted by atomic mass is 10.1. The Labute approximate surface area is 185 Å². The summed E-state index contributed by atoms with van der Waals surface area (Å²) in [5, 5.41) is 16.1. The zero-order chi connectivity index (χ0) is 20.9. The van der Waals surface area contributed by atoms with E-state index in [1.807, 2.05) is 48.7 Å². The highest BCUT2D eigenvalue weighted by atomic mass is 35.5. The second-order valence-electron chi connectivity index (χ2n) is 6.79. The highest BCUT2D eigenvalue weighted by Crippen LogP contribution is 2.24. The molecule has 1 aromatic heterocycles. The van der Waals surface area contributed by atoms with E-state index >= 15 is 0 Å². The number of nitrogens with one attached hydrogen (secondary N) is 1. The summed E-state index contributed by atoms with van der Waals surface area (Å²) in [5.41, 5.74) is 7.57. The summed E-state index contributed by atoms with van der Waals surface area (Å²) in [6, 6.07) is 23.5. The fourth-order valence-corrected chi connectivity index (χ4v) is 3.93. The molecule has 3 aromatic carbocycles. The minimum absolute atomic E-state index is 0.434. The van der Waals surface area contributed by atoms with E-state index in [1.165, 1.54) is 0 Å². The number of aromatic nitrogens is 1. The van der Waals surface area contributed by atoms with Gasteiger partial charge in [0.1, 0.15) is 0 Å². The van der Waals surface area contributed by atoms with E-state index in [0.29, 0.717) is 28.7 Å². The van der Waals surface area contributed by atoms with Gasteiger partial charge in [-0.2, -0.15) is 10.4 Å². The molecular weight excluding hydrogens is 415 g/mol. The fourth-order valence-electron chi connectivity index (χ4n) is 3.40. The highest BCUT2D eigenvalue weighted by Gasteiger charge is 2.09. The van der Waals surface area contributed by atoms with Crippen LogP contribution in [-0.2, 0) is 13.1 Å². The average molecular weight is 433 g/mol. The third-order valence-corrected chi connectivity index (χ3v) is 5.62. The predicted molar refractivity (Wildman–Crippen MR) is 123 cm³/mol. The number of halogens is 2. The van der Waals surface area contributed by atoms with Crippen LogP contribution < -0.4 is 5.43 Å². The Kier molecular flexibility index (Phi) is 6.04. The van der Waals surface area contributed by atoms with Crippen molar-refractivity contribution < 1.29 is 0 Å². The van der Waals surface area contributed by atoms with Gasteiger partial charge in [0.2, 0.25) is 0 Å². The summed E-state index contributed by atoms with van der Waals surface area (Å²) in [6.07, 6.45) is 3.84. The number of rotatable bonds is 6. The van der Waals surface area contributed by atoms with Crippen molar-refractivity contribution in [1.82, 2.24) is 9.99 Å². The molecule has 4 nitrogen and oxygen atoms in total. The van der Waals surface area contributed by atoms with E-state index in [9.17, 15) is 5.26 Å². The van der Waals surface area contributed by atoms with Gasteiger partial charge in [-0.15, -0.1) is 0 Å². The number of hydrazone groups is 1. The minimum atomic E-state index is 0.434. The molecule has 0 aliphatic carbocycles. The second-order valence-corrected chi connectivity index (χ2v) is 7.61. The van der Waals surface area contributed by atoms with Crippen LogP contribution in [-0.4, -0.2) is 10.8 Å². The Hall–Kier alpha value is -3.26. The molecule has 1 N–H and O–H groups in total. The molecule has 0 radical (unpaired) electrons. The Morgan fingerprint density at radius 1 is 0.967 bits per heavy atom. The van der Waals surface area contributed by atoms with Crippen molar-refractivity contribution in [3.8, 4) is 6.07 Å². The number of fused-ring (bicyclic) bond motifs is 1. The third kappa shape index (κ3) is 4.18. The molecule has 0 amide bonds. The van der Waals surface area contributed by atoms with Crippen LogP contribution in [0.2, 0.25) is 10.0 Å². The van der Waals surface area contributed by atoms with Crippen LogP contribution in [0.3, 0.4) is 0 Å². The molecule has 1 heterocycles. The van der Waals surface area contributed by atoms with E-state index in [-0.39, 0.29) is 0 Å². The van der Waals surface area contributed by atoms with E-state index in [0.717, 1.165) is 27.6 Å². The number of hydrogen-bond donors (Lipinski definition) is 1. The number of nitriles is 1. The highest BCUT2D eigenvalue weighted by molar-refractivity contribution is 6.35. The van der Waals surface area contributed by atoms with Gasteiger partial charge < -0.3 is 9.99 Å². The van der Waals surface area contributed by atoms with Crippen molar-refractivity contribution in [1.29, 1.82) is 5.26 Å². The molecule has 4 aromatic rings. The first kappa shape index (κ1) is 20.0. The summed E-state index contributed by atoms with van der Waals surface area (Å²) in [5.74, 6) is 0. The molecule has 0 saturated heterocycles. The average Bonchev–Trinajstić information content (AvgIpc) is 3.11. The lowest BCUT2D eigenvalue weighted by Crippen LogP contribution is -2.06. The Morgan fingerprint density at radius 2 is 1.70 bits per heavy atom. The molecule has 0 fully saturated rings. The lowest BCUT2D eigenvalue weighted by molar-refractivity contribution is 0.748. The standard InChI is InChI=1S/C24H18Cl2N4/c25-22-9-5-10-23(26)21(22)14-29-28-13-19-16-30(24-11-4-3-8-20(19)24)15-18-7-2-1-6-17(18)12-27/h1-11,13,16,29H,14-15H2/b28-13+.